The van der Waals surface area contributed by atoms with Gasteiger partial charge in [-0.2, -0.15) is 5.10 Å². The maximum atomic E-state index is 5.65. The fourth-order valence-corrected chi connectivity index (χ4v) is 2.97. The molecule has 0 aliphatic heterocycles. The Balaban J connectivity index is 0.00000320. The van der Waals surface area contributed by atoms with Crippen LogP contribution in [0, 0.1) is 0 Å². The summed E-state index contributed by atoms with van der Waals surface area (Å²) < 4.78 is 12.9. The number of aliphatic imine (C=N–C) groups is 1. The van der Waals surface area contributed by atoms with E-state index in [-0.39, 0.29) is 24.0 Å². The van der Waals surface area contributed by atoms with E-state index in [0.29, 0.717) is 30.6 Å². The summed E-state index contributed by atoms with van der Waals surface area (Å²) in [6, 6.07) is 15.9. The second-order valence-electron chi connectivity index (χ2n) is 6.32. The van der Waals surface area contributed by atoms with Crippen molar-refractivity contribution in [2.24, 2.45) is 4.99 Å². The average Bonchev–Trinajstić information content (AvgIpc) is 3.25. The van der Waals surface area contributed by atoms with Crippen LogP contribution in [0.1, 0.15) is 18.1 Å². The Morgan fingerprint density at radius 1 is 1.10 bits per heavy atom. The van der Waals surface area contributed by atoms with Gasteiger partial charge in [-0.3, -0.25) is 9.67 Å². The van der Waals surface area contributed by atoms with Crippen molar-refractivity contribution in [2.45, 2.75) is 20.0 Å². The van der Waals surface area contributed by atoms with Crippen LogP contribution in [0.4, 0.5) is 5.69 Å². The Kier molecular flexibility index (Phi) is 9.46. The van der Waals surface area contributed by atoms with Crippen LogP contribution in [0.5, 0.6) is 11.5 Å². The summed E-state index contributed by atoms with van der Waals surface area (Å²) in [4.78, 5) is 4.33. The highest BCUT2D eigenvalue weighted by molar-refractivity contribution is 14.0. The number of hydrogen-bond donors (Lipinski definition) is 2. The molecule has 0 aliphatic carbocycles. The van der Waals surface area contributed by atoms with E-state index in [1.54, 1.807) is 20.4 Å². The van der Waals surface area contributed by atoms with Crippen molar-refractivity contribution >= 4 is 35.6 Å². The first-order chi connectivity index (χ1) is 14.2. The molecular formula is C22H28IN5O2. The second-order valence-corrected chi connectivity index (χ2v) is 6.32. The molecule has 3 aromatic rings. The maximum absolute atomic E-state index is 5.65. The van der Waals surface area contributed by atoms with Gasteiger partial charge in [-0.05, 0) is 36.2 Å². The van der Waals surface area contributed by atoms with Crippen LogP contribution in [0.3, 0.4) is 0 Å². The Morgan fingerprint density at radius 2 is 1.90 bits per heavy atom. The van der Waals surface area contributed by atoms with E-state index < -0.39 is 0 Å². The van der Waals surface area contributed by atoms with Crippen LogP contribution in [-0.2, 0) is 13.1 Å². The van der Waals surface area contributed by atoms with Crippen LogP contribution < -0.4 is 20.1 Å². The fourth-order valence-electron chi connectivity index (χ4n) is 2.97. The minimum Gasteiger partial charge on any atom is -0.493 e. The molecule has 30 heavy (non-hydrogen) atoms. The number of hydrogen-bond acceptors (Lipinski definition) is 4. The van der Waals surface area contributed by atoms with E-state index in [4.69, 9.17) is 9.47 Å². The SMILES string of the molecule is CCOc1cc(NC(=NC)NCc2ccccc2Cn2cccn2)ccc1OC.I. The molecule has 2 aromatic carbocycles. The third-order valence-corrected chi connectivity index (χ3v) is 4.41. The third-order valence-electron chi connectivity index (χ3n) is 4.41. The molecule has 7 nitrogen and oxygen atoms in total. The topological polar surface area (TPSA) is 72.7 Å². The summed E-state index contributed by atoms with van der Waals surface area (Å²) in [6.45, 7) is 3.89. The highest BCUT2D eigenvalue weighted by atomic mass is 127. The number of benzene rings is 2. The highest BCUT2D eigenvalue weighted by Gasteiger charge is 2.08. The number of methoxy groups -OCH3 is 1. The summed E-state index contributed by atoms with van der Waals surface area (Å²) in [5, 5.41) is 11.0. The fraction of sp³-hybridized carbons (Fsp3) is 0.273. The Labute approximate surface area is 194 Å². The minimum absolute atomic E-state index is 0. The normalized spacial score (nSPS) is 10.8. The van der Waals surface area contributed by atoms with Gasteiger partial charge in [0, 0.05) is 37.7 Å². The molecule has 0 amide bonds. The predicted molar refractivity (Wildman–Crippen MR) is 131 cm³/mol. The first-order valence-corrected chi connectivity index (χ1v) is 9.56. The number of guanidine groups is 1. The van der Waals surface area contributed by atoms with Gasteiger partial charge in [0.05, 0.1) is 20.3 Å². The first kappa shape index (κ1) is 23.5. The molecule has 0 unspecified atom stereocenters. The van der Waals surface area contributed by atoms with Crippen LogP contribution in [-0.4, -0.2) is 36.5 Å². The van der Waals surface area contributed by atoms with E-state index >= 15 is 0 Å². The number of ether oxygens (including phenoxy) is 2. The summed E-state index contributed by atoms with van der Waals surface area (Å²) >= 11 is 0. The third kappa shape index (κ3) is 6.38. The van der Waals surface area contributed by atoms with Gasteiger partial charge in [0.25, 0.3) is 0 Å². The molecule has 0 atom stereocenters. The summed E-state index contributed by atoms with van der Waals surface area (Å²) in [5.41, 5.74) is 3.27. The molecule has 3 rings (SSSR count). The molecule has 0 saturated carbocycles. The molecular weight excluding hydrogens is 493 g/mol. The van der Waals surface area contributed by atoms with Gasteiger partial charge in [-0.25, -0.2) is 0 Å². The number of halogens is 1. The molecule has 1 aromatic heterocycles. The van der Waals surface area contributed by atoms with Crippen LogP contribution in [0.2, 0.25) is 0 Å². The van der Waals surface area contributed by atoms with E-state index in [1.165, 1.54) is 11.1 Å². The smallest absolute Gasteiger partial charge is 0.195 e. The molecule has 2 N–H and O–H groups in total. The molecule has 0 aliphatic rings. The lowest BCUT2D eigenvalue weighted by Gasteiger charge is -2.16. The zero-order chi connectivity index (χ0) is 20.5. The second kappa shape index (κ2) is 12.1. The molecule has 0 saturated heterocycles. The number of nitrogens with one attached hydrogen (secondary N) is 2. The van der Waals surface area contributed by atoms with Gasteiger partial charge in [-0.1, -0.05) is 24.3 Å². The first-order valence-electron chi connectivity index (χ1n) is 9.56. The number of aromatic nitrogens is 2. The lowest BCUT2D eigenvalue weighted by molar-refractivity contribution is 0.311. The van der Waals surface area contributed by atoms with Gasteiger partial charge in [-0.15, -0.1) is 24.0 Å². The number of nitrogens with zero attached hydrogens (tertiary/aromatic N) is 3. The Hall–Kier alpha value is -2.75. The zero-order valence-electron chi connectivity index (χ0n) is 17.5. The van der Waals surface area contributed by atoms with Gasteiger partial charge in [0.2, 0.25) is 0 Å². The van der Waals surface area contributed by atoms with Crippen LogP contribution in [0.15, 0.2) is 65.9 Å². The number of anilines is 1. The zero-order valence-corrected chi connectivity index (χ0v) is 19.8. The van der Waals surface area contributed by atoms with Crippen molar-refractivity contribution in [1.29, 1.82) is 0 Å². The Bertz CT molecular complexity index is 944. The van der Waals surface area contributed by atoms with Gasteiger partial charge >= 0.3 is 0 Å². The number of rotatable bonds is 8. The van der Waals surface area contributed by atoms with Gasteiger partial charge in [0.15, 0.2) is 17.5 Å². The van der Waals surface area contributed by atoms with Crippen molar-refractivity contribution < 1.29 is 9.47 Å². The molecule has 160 valence electrons. The van der Waals surface area contributed by atoms with E-state index in [2.05, 4.69) is 32.9 Å². The lowest BCUT2D eigenvalue weighted by Crippen LogP contribution is -2.30. The summed E-state index contributed by atoms with van der Waals surface area (Å²) in [5.74, 6) is 2.07. The van der Waals surface area contributed by atoms with E-state index in [1.807, 2.05) is 54.2 Å². The van der Waals surface area contributed by atoms with E-state index in [0.717, 1.165) is 12.2 Å². The lowest BCUT2D eigenvalue weighted by atomic mass is 10.1. The van der Waals surface area contributed by atoms with Crippen LogP contribution in [0.25, 0.3) is 0 Å². The van der Waals surface area contributed by atoms with Gasteiger partial charge < -0.3 is 20.1 Å². The molecule has 0 bridgehead atoms. The molecule has 0 fully saturated rings. The van der Waals surface area contributed by atoms with Crippen molar-refractivity contribution in [2.75, 3.05) is 26.1 Å². The quantitative estimate of drug-likeness (QED) is 0.265. The standard InChI is InChI=1S/C22H27N5O2.HI/c1-4-29-21-14-19(10-11-20(21)28-3)26-22(23-2)24-15-17-8-5-6-9-18(17)16-27-13-7-12-25-27;/h5-14H,4,15-16H2,1-3H3,(H2,23,24,26);1H. The van der Waals surface area contributed by atoms with E-state index in [9.17, 15) is 0 Å². The maximum Gasteiger partial charge on any atom is 0.195 e. The highest BCUT2D eigenvalue weighted by Crippen LogP contribution is 2.30. The summed E-state index contributed by atoms with van der Waals surface area (Å²) in [7, 11) is 3.38. The molecule has 8 heteroatoms. The largest absolute Gasteiger partial charge is 0.493 e. The predicted octanol–water partition coefficient (Wildman–Crippen LogP) is 4.14. The van der Waals surface area contributed by atoms with Gasteiger partial charge in [0.1, 0.15) is 0 Å². The monoisotopic (exact) mass is 521 g/mol. The van der Waals surface area contributed by atoms with Crippen molar-refractivity contribution in [3.05, 3.63) is 72.1 Å². The van der Waals surface area contributed by atoms with Crippen molar-refractivity contribution in [1.82, 2.24) is 15.1 Å². The Morgan fingerprint density at radius 3 is 2.57 bits per heavy atom. The molecule has 1 heterocycles. The van der Waals surface area contributed by atoms with Crippen molar-refractivity contribution in [3.8, 4) is 11.5 Å². The summed E-state index contributed by atoms with van der Waals surface area (Å²) in [6.07, 6.45) is 3.75. The average molecular weight is 521 g/mol. The van der Waals surface area contributed by atoms with Crippen molar-refractivity contribution in [3.63, 3.8) is 0 Å². The molecule has 0 radical (unpaired) electrons. The van der Waals surface area contributed by atoms with Crippen LogP contribution >= 0.6 is 24.0 Å². The minimum atomic E-state index is 0. The molecule has 0 spiro atoms.